The maximum atomic E-state index is 14.7. The maximum absolute atomic E-state index is 14.7. The van der Waals surface area contributed by atoms with Gasteiger partial charge in [-0.2, -0.15) is 0 Å². The Morgan fingerprint density at radius 3 is 1.08 bits per heavy atom. The van der Waals surface area contributed by atoms with Gasteiger partial charge in [-0.25, -0.2) is 4.79 Å². The number of aliphatic hydroxyl groups excluding tert-OH is 5. The van der Waals surface area contributed by atoms with E-state index in [-0.39, 0.29) is 82.3 Å². The summed E-state index contributed by atoms with van der Waals surface area (Å²) in [5.41, 5.74) is 39.6. The molecule has 0 spiro atoms. The molecule has 1 aliphatic rings. The van der Waals surface area contributed by atoms with E-state index in [1.54, 1.807) is 30.3 Å². The number of benzene rings is 2. The lowest BCUT2D eigenvalue weighted by atomic mass is 10.0. The molecule has 0 bridgehead atoms. The van der Waals surface area contributed by atoms with Crippen LogP contribution in [0.2, 0.25) is 0 Å². The highest BCUT2D eigenvalue weighted by molar-refractivity contribution is 6.03. The predicted molar refractivity (Wildman–Crippen MR) is 476 cm³/mol. The number of nitrogens with zero attached hydrogens (tertiary/aromatic N) is 1. The van der Waals surface area contributed by atoms with Crippen LogP contribution in [-0.2, 0) is 123 Å². The number of aromatic hydroxyl groups is 1. The highest BCUT2D eigenvalue weighted by atomic mass is 16.4. The number of aliphatic hydroxyl groups is 5. The summed E-state index contributed by atoms with van der Waals surface area (Å²) in [7, 11) is 0. The van der Waals surface area contributed by atoms with Gasteiger partial charge >= 0.3 is 17.9 Å². The summed E-state index contributed by atoms with van der Waals surface area (Å²) in [6.07, 6.45) is -11.0. The van der Waals surface area contributed by atoms with Gasteiger partial charge in [0.1, 0.15) is 102 Å². The second-order valence-corrected chi connectivity index (χ2v) is 32.8. The predicted octanol–water partition coefficient (Wildman–Crippen LogP) is -14.3. The standard InChI is InChI=1S/C83H127N23O32/c1-38(2)64(103-77(131)55(36-108)100-75(129)51(32-59(88)114)97-76(130)54(35-107)101-78(132)57-17-12-28-106(57)82(136)53(34-61(90)116)99-81(135)65(39(3)110)104-67(121)44(86)22-24-62(117)118)79(133)105-66(40(4)111)80(134)98-52(33-60(89)115)74(128)95-49(30-42-18-20-43(112)21-19-42)72(126)96-50(31-58(87)113)73(127)93-47(23-25-63(119)120)70(124)91-45(15-8-10-26-84)68(122)94-48(29-41-13-6-5-7-14-41)71(125)92-46(16-9-11-27-85)69(123)102-56(37-109)83(137)138/h5-7,13-14,18-21,38-40,44-57,64-66,107-112H,8-12,15-17,22-37,84-86H2,1-4H3,(H2,87,113)(H2,88,114)(H2,89,115)(H2,90,116)(H,91,124)(H,92,125)(H,93,127)(H,94,122)(H,95,128)(H,96,126)(H,97,130)(H,98,134)(H,99,135)(H,100,129)(H,101,132)(H,102,123)(H,103,131)(H,104,121)(H,105,133)(H,117,118)(H,119,120)(H,137,138)/t39-,40-,44+,45+,46+,47+,48+,49+,50+,51+,52+,53+,54+,55+,56+,57+,64+,65+,66+/m1/s1. The van der Waals surface area contributed by atoms with Crippen molar-refractivity contribution in [3.63, 3.8) is 0 Å². The average Bonchev–Trinajstić information content (AvgIpc) is 1.67. The third-order valence-electron chi connectivity index (χ3n) is 21.1. The molecule has 1 heterocycles. The fourth-order valence-corrected chi connectivity index (χ4v) is 13.7. The summed E-state index contributed by atoms with van der Waals surface area (Å²) < 4.78 is 0. The molecule has 20 amide bonds. The van der Waals surface area contributed by atoms with Crippen LogP contribution in [-0.4, -0.2) is 341 Å². The number of hydrogen-bond donors (Lipinski definition) is 31. The lowest BCUT2D eigenvalue weighted by molar-refractivity contribution is -0.144. The van der Waals surface area contributed by atoms with Crippen molar-refractivity contribution in [3.05, 3.63) is 65.7 Å². The number of phenols is 1. The number of nitrogens with one attached hydrogen (secondary N) is 15. The molecule has 0 aliphatic carbocycles. The van der Waals surface area contributed by atoms with Crippen molar-refractivity contribution in [2.75, 3.05) is 39.5 Å². The van der Waals surface area contributed by atoms with Crippen LogP contribution in [0.4, 0.5) is 0 Å². The molecule has 55 nitrogen and oxygen atoms in total. The third kappa shape index (κ3) is 41.1. The van der Waals surface area contributed by atoms with Crippen molar-refractivity contribution >= 4 is 136 Å². The first-order chi connectivity index (χ1) is 64.9. The number of unbranched alkanes of at least 4 members (excludes halogenated alkanes) is 2. The lowest BCUT2D eigenvalue weighted by Crippen LogP contribution is -2.63. The Morgan fingerprint density at radius 2 is 0.681 bits per heavy atom. The molecule has 3 rings (SSSR count). The Morgan fingerprint density at radius 1 is 0.362 bits per heavy atom. The number of primary amides is 4. The topological polar surface area (TPSA) is 941 Å². The summed E-state index contributed by atoms with van der Waals surface area (Å²) in [6, 6.07) is -19.1. The molecule has 2 aromatic carbocycles. The van der Waals surface area contributed by atoms with E-state index < -0.39 is 334 Å². The van der Waals surface area contributed by atoms with Crippen molar-refractivity contribution in [1.29, 1.82) is 0 Å². The summed E-state index contributed by atoms with van der Waals surface area (Å²) in [5, 5.41) is 124. The Balaban J connectivity index is 1.93. The number of carbonyl (C=O) groups is 23. The largest absolute Gasteiger partial charge is 0.508 e. The third-order valence-corrected chi connectivity index (χ3v) is 21.1. The molecule has 0 aromatic heterocycles. The van der Waals surface area contributed by atoms with Crippen LogP contribution in [0.3, 0.4) is 0 Å². The highest BCUT2D eigenvalue weighted by Crippen LogP contribution is 2.22. The van der Waals surface area contributed by atoms with Gasteiger partial charge in [-0.15, -0.1) is 0 Å². The highest BCUT2D eigenvalue weighted by Gasteiger charge is 2.44. The number of nitrogens with two attached hydrogens (primary N) is 7. The van der Waals surface area contributed by atoms with Gasteiger partial charge in [-0.1, -0.05) is 56.3 Å². The number of hydrogen-bond acceptors (Lipinski definition) is 32. The van der Waals surface area contributed by atoms with Crippen LogP contribution < -0.4 is 120 Å². The molecule has 55 heteroatoms. The maximum Gasteiger partial charge on any atom is 0.328 e. The number of carboxylic acids is 3. The zero-order valence-corrected chi connectivity index (χ0v) is 76.1. The van der Waals surface area contributed by atoms with E-state index in [9.17, 15) is 151 Å². The minimum absolute atomic E-state index is 0.0594. The van der Waals surface area contributed by atoms with E-state index in [4.69, 9.17) is 45.2 Å². The Hall–Kier alpha value is -14.3. The van der Waals surface area contributed by atoms with Crippen LogP contribution in [0.15, 0.2) is 54.6 Å². The minimum atomic E-state index is -2.19. The van der Waals surface area contributed by atoms with Gasteiger partial charge in [0.15, 0.2) is 0 Å². The molecule has 2 aromatic rings. The summed E-state index contributed by atoms with van der Waals surface area (Å²) in [5.74, 6) is -31.3. The molecular weight excluding hydrogens is 1830 g/mol. The number of likely N-dealkylation sites (tertiary alicyclic amines) is 1. The van der Waals surface area contributed by atoms with Crippen molar-refractivity contribution in [2.24, 2.45) is 46.1 Å². The van der Waals surface area contributed by atoms with Crippen molar-refractivity contribution in [1.82, 2.24) is 84.7 Å². The van der Waals surface area contributed by atoms with E-state index in [0.717, 1.165) is 30.9 Å². The molecule has 766 valence electrons. The van der Waals surface area contributed by atoms with E-state index in [1.807, 2.05) is 5.32 Å². The van der Waals surface area contributed by atoms with E-state index in [2.05, 4.69) is 74.4 Å². The van der Waals surface area contributed by atoms with Crippen molar-refractivity contribution in [3.8, 4) is 5.75 Å². The van der Waals surface area contributed by atoms with Gasteiger partial charge in [0.2, 0.25) is 118 Å². The zero-order chi connectivity index (χ0) is 104. The van der Waals surface area contributed by atoms with E-state index in [0.29, 0.717) is 12.0 Å². The molecule has 1 fully saturated rings. The molecule has 0 radical (unpaired) electrons. The Kier molecular flexibility index (Phi) is 50.9. The van der Waals surface area contributed by atoms with E-state index in [1.165, 1.54) is 26.0 Å². The molecular formula is C83H127N23O32. The van der Waals surface area contributed by atoms with Crippen LogP contribution >= 0.6 is 0 Å². The first-order valence-corrected chi connectivity index (χ1v) is 43.7. The lowest BCUT2D eigenvalue weighted by Gasteiger charge is -2.31. The molecule has 1 aliphatic heterocycles. The first-order valence-electron chi connectivity index (χ1n) is 43.7. The van der Waals surface area contributed by atoms with Gasteiger partial charge < -0.3 is 171 Å². The number of amides is 20. The molecule has 19 atom stereocenters. The first kappa shape index (κ1) is 118. The molecule has 138 heavy (non-hydrogen) atoms. The van der Waals surface area contributed by atoms with Gasteiger partial charge in [-0.3, -0.25) is 105 Å². The zero-order valence-electron chi connectivity index (χ0n) is 76.1. The van der Waals surface area contributed by atoms with Gasteiger partial charge in [0.05, 0.1) is 63.8 Å². The Bertz CT molecular complexity index is 4590. The van der Waals surface area contributed by atoms with Crippen LogP contribution in [0, 0.1) is 5.92 Å². The van der Waals surface area contributed by atoms with E-state index >= 15 is 0 Å². The summed E-state index contributed by atoms with van der Waals surface area (Å²) in [6.45, 7) is 0.995. The van der Waals surface area contributed by atoms with Gasteiger partial charge in [-0.05, 0) is 120 Å². The normalized spacial score (nSPS) is 16.1. The van der Waals surface area contributed by atoms with Crippen molar-refractivity contribution < 1.29 is 156 Å². The monoisotopic (exact) mass is 1960 g/mol. The van der Waals surface area contributed by atoms with Crippen molar-refractivity contribution in [2.45, 2.75) is 258 Å². The SMILES string of the molecule is CC(C)[C@H](NC(=O)[C@H](CO)NC(=O)[C@H](CC(N)=O)NC(=O)[C@H](CO)NC(=O)[C@@H]1CCCN1C(=O)[C@H](CC(N)=O)NC(=O)[C@@H](NC(=O)[C@@H](N)CCC(=O)O)[C@@H](C)O)C(=O)N[C@H](C(=O)N[C@@H](CC(N)=O)C(=O)N[C@@H](Cc1ccc(O)cc1)C(=O)N[C@@H](CC(N)=O)C(=O)N[C@@H](CCC(=O)O)C(=O)N[C@@H](CCCCN)C(=O)N[C@@H](Cc1ccccc1)C(=O)N[C@@H](CCCCN)C(=O)N[C@@H](CO)C(=O)O)[C@@H](C)O. The molecule has 38 N–H and O–H groups in total. The summed E-state index contributed by atoms with van der Waals surface area (Å²) >= 11 is 0. The average molecular weight is 1960 g/mol. The fourth-order valence-electron chi connectivity index (χ4n) is 13.7. The van der Waals surface area contributed by atoms with Crippen LogP contribution in [0.1, 0.15) is 142 Å². The van der Waals surface area contributed by atoms with Gasteiger partial charge in [0, 0.05) is 32.2 Å². The molecule has 1 saturated heterocycles. The van der Waals surface area contributed by atoms with Gasteiger partial charge in [0.25, 0.3) is 0 Å². The second-order valence-electron chi connectivity index (χ2n) is 32.8. The smallest absolute Gasteiger partial charge is 0.328 e. The number of rotatable bonds is 64. The molecule has 0 saturated carbocycles. The quantitative estimate of drug-likeness (QED) is 0.0274. The molecule has 0 unspecified atom stereocenters. The minimum Gasteiger partial charge on any atom is -0.508 e. The number of carbonyl (C=O) groups excluding carboxylic acids is 20. The second kappa shape index (κ2) is 59.6. The summed E-state index contributed by atoms with van der Waals surface area (Å²) in [4.78, 5) is 311. The van der Waals surface area contributed by atoms with Crippen LogP contribution in [0.5, 0.6) is 5.75 Å². The van der Waals surface area contributed by atoms with Crippen LogP contribution in [0.25, 0.3) is 0 Å². The number of phenolic OH excluding ortho intramolecular Hbond substituents is 1. The number of aliphatic carboxylic acids is 3. The Labute approximate surface area is 789 Å². The number of carboxylic acid groups (broad SMARTS) is 3. The fraction of sp³-hybridized carbons (Fsp3) is 0.578.